The average Bonchev–Trinajstić information content (AvgIpc) is 3.25. The maximum Gasteiger partial charge on any atom is 0.314 e. The summed E-state index contributed by atoms with van der Waals surface area (Å²) in [7, 11) is 2.90. The van der Waals surface area contributed by atoms with E-state index in [1.807, 2.05) is 0 Å². The third-order valence-corrected chi connectivity index (χ3v) is 5.24. The van der Waals surface area contributed by atoms with Crippen LogP contribution in [-0.2, 0) is 30.6 Å². The molecule has 0 radical (unpaired) electrons. The molecule has 27 heavy (non-hydrogen) atoms. The van der Waals surface area contributed by atoms with Gasteiger partial charge >= 0.3 is 11.8 Å². The number of nitrogens with one attached hydrogen (secondary N) is 2. The minimum atomic E-state index is -0.782. The first-order valence-corrected chi connectivity index (χ1v) is 9.66. The van der Waals surface area contributed by atoms with E-state index in [4.69, 9.17) is 21.1 Å². The maximum atomic E-state index is 12.4. The summed E-state index contributed by atoms with van der Waals surface area (Å²) >= 11 is 7.65. The zero-order chi connectivity index (χ0) is 19.4. The summed E-state index contributed by atoms with van der Waals surface area (Å²) in [5.41, 5.74) is 2.56. The van der Waals surface area contributed by atoms with Gasteiger partial charge in [0.1, 0.15) is 5.82 Å². The van der Waals surface area contributed by atoms with Crippen molar-refractivity contribution in [1.29, 1.82) is 0 Å². The molecule has 3 rings (SSSR count). The molecule has 2 amide bonds. The number of hydrogen-bond donors (Lipinski definition) is 2. The number of hydrogen-bond acceptors (Lipinski definition) is 6. The van der Waals surface area contributed by atoms with E-state index in [0.29, 0.717) is 10.8 Å². The lowest BCUT2D eigenvalue weighted by Gasteiger charge is -2.14. The van der Waals surface area contributed by atoms with Crippen molar-refractivity contribution in [3.63, 3.8) is 0 Å². The van der Waals surface area contributed by atoms with Crippen LogP contribution in [0.3, 0.4) is 0 Å². The van der Waals surface area contributed by atoms with Gasteiger partial charge in [0.25, 0.3) is 0 Å². The quantitative estimate of drug-likeness (QED) is 0.558. The summed E-state index contributed by atoms with van der Waals surface area (Å²) in [5.74, 6) is 0.407. The largest absolute Gasteiger partial charge is 0.354 e. The molecule has 0 bridgehead atoms. The zero-order valence-electron chi connectivity index (χ0n) is 14.8. The van der Waals surface area contributed by atoms with Crippen molar-refractivity contribution in [3.05, 3.63) is 40.5 Å². The summed E-state index contributed by atoms with van der Waals surface area (Å²) in [5, 5.41) is 10.3. The van der Waals surface area contributed by atoms with Crippen LogP contribution in [0.2, 0.25) is 5.02 Å². The van der Waals surface area contributed by atoms with Crippen molar-refractivity contribution in [1.82, 2.24) is 15.1 Å². The molecule has 0 saturated heterocycles. The van der Waals surface area contributed by atoms with Crippen LogP contribution in [0.5, 0.6) is 0 Å². The summed E-state index contributed by atoms with van der Waals surface area (Å²) < 4.78 is 11.6. The summed E-state index contributed by atoms with van der Waals surface area (Å²) in [6.07, 6.45) is -0.623. The molecule has 1 aromatic carbocycles. The maximum absolute atomic E-state index is 12.4. The summed E-state index contributed by atoms with van der Waals surface area (Å²) in [6.45, 7) is 0.0592. The van der Waals surface area contributed by atoms with E-state index in [-0.39, 0.29) is 6.54 Å². The Balaban J connectivity index is 1.78. The van der Waals surface area contributed by atoms with Gasteiger partial charge in [0.15, 0.2) is 6.29 Å². The predicted octanol–water partition coefficient (Wildman–Crippen LogP) is 1.95. The number of methoxy groups -OCH3 is 2. The third-order valence-electron chi connectivity index (χ3n) is 4.02. The van der Waals surface area contributed by atoms with Gasteiger partial charge in [-0.1, -0.05) is 11.6 Å². The van der Waals surface area contributed by atoms with Crippen molar-refractivity contribution in [3.8, 4) is 5.69 Å². The number of aromatic nitrogens is 2. The highest BCUT2D eigenvalue weighted by Crippen LogP contribution is 2.36. The molecule has 1 aliphatic rings. The molecule has 0 unspecified atom stereocenters. The van der Waals surface area contributed by atoms with Crippen molar-refractivity contribution in [2.24, 2.45) is 0 Å². The number of thioether (sulfide) groups is 1. The van der Waals surface area contributed by atoms with E-state index in [1.54, 1.807) is 40.7 Å². The zero-order valence-corrected chi connectivity index (χ0v) is 16.4. The molecular weight excluding hydrogens is 392 g/mol. The highest BCUT2D eigenvalue weighted by Gasteiger charge is 2.26. The van der Waals surface area contributed by atoms with E-state index in [2.05, 4.69) is 15.7 Å². The summed E-state index contributed by atoms with van der Waals surface area (Å²) in [4.78, 5) is 24.5. The van der Waals surface area contributed by atoms with Crippen LogP contribution in [0.15, 0.2) is 24.3 Å². The van der Waals surface area contributed by atoms with Crippen LogP contribution in [0.25, 0.3) is 5.69 Å². The number of amides is 2. The van der Waals surface area contributed by atoms with Gasteiger partial charge in [0, 0.05) is 36.3 Å². The Labute approximate surface area is 165 Å². The highest BCUT2D eigenvalue weighted by atomic mass is 35.5. The van der Waals surface area contributed by atoms with Crippen molar-refractivity contribution >= 4 is 41.0 Å². The van der Waals surface area contributed by atoms with Crippen molar-refractivity contribution in [2.75, 3.05) is 26.1 Å². The van der Waals surface area contributed by atoms with E-state index in [1.165, 1.54) is 14.2 Å². The standard InChI is InChI=1S/C17H19ClN4O4S/c1-25-14(26-2)7-19-16(23)17(24)20-15-12-8-27-9-13(12)21-22(15)11-5-3-10(18)4-6-11/h3-6,14H,7-9H2,1-2H3,(H,19,23)(H,20,24). The Kier molecular flexibility index (Phi) is 6.38. The second kappa shape index (κ2) is 8.75. The van der Waals surface area contributed by atoms with Gasteiger partial charge in [-0.3, -0.25) is 9.59 Å². The monoisotopic (exact) mass is 410 g/mol. The number of halogens is 1. The smallest absolute Gasteiger partial charge is 0.314 e. The Morgan fingerprint density at radius 3 is 2.59 bits per heavy atom. The van der Waals surface area contributed by atoms with E-state index in [0.717, 1.165) is 28.5 Å². The van der Waals surface area contributed by atoms with Crippen molar-refractivity contribution < 1.29 is 19.1 Å². The Bertz CT molecular complexity index is 836. The molecule has 0 saturated carbocycles. The number of rotatable bonds is 6. The van der Waals surface area contributed by atoms with Crippen LogP contribution < -0.4 is 10.6 Å². The molecule has 2 heterocycles. The minimum absolute atomic E-state index is 0.0592. The van der Waals surface area contributed by atoms with Crippen LogP contribution in [0.4, 0.5) is 5.82 Å². The number of benzene rings is 1. The molecular formula is C17H19ClN4O4S. The molecule has 0 atom stereocenters. The van der Waals surface area contributed by atoms with E-state index >= 15 is 0 Å². The first-order valence-electron chi connectivity index (χ1n) is 8.12. The molecule has 144 valence electrons. The lowest BCUT2D eigenvalue weighted by atomic mass is 10.2. The van der Waals surface area contributed by atoms with E-state index < -0.39 is 18.1 Å². The molecule has 1 aliphatic heterocycles. The topological polar surface area (TPSA) is 94.5 Å². The average molecular weight is 411 g/mol. The number of anilines is 1. The van der Waals surface area contributed by atoms with Gasteiger partial charge < -0.3 is 20.1 Å². The predicted molar refractivity (Wildman–Crippen MR) is 103 cm³/mol. The van der Waals surface area contributed by atoms with Gasteiger partial charge in [-0.25, -0.2) is 4.68 Å². The number of nitrogens with zero attached hydrogens (tertiary/aromatic N) is 2. The number of fused-ring (bicyclic) bond motifs is 1. The number of carbonyl (C=O) groups excluding carboxylic acids is 2. The van der Waals surface area contributed by atoms with E-state index in [9.17, 15) is 9.59 Å². The minimum Gasteiger partial charge on any atom is -0.354 e. The third kappa shape index (κ3) is 4.44. The van der Waals surface area contributed by atoms with Crippen LogP contribution in [-0.4, -0.2) is 48.6 Å². The second-order valence-corrected chi connectivity index (χ2v) is 7.14. The fraction of sp³-hybridized carbons (Fsp3) is 0.353. The fourth-order valence-corrected chi connectivity index (χ4v) is 3.75. The lowest BCUT2D eigenvalue weighted by molar-refractivity contribution is -0.139. The Morgan fingerprint density at radius 2 is 1.93 bits per heavy atom. The van der Waals surface area contributed by atoms with Crippen LogP contribution in [0.1, 0.15) is 11.3 Å². The first kappa shape index (κ1) is 19.7. The van der Waals surface area contributed by atoms with Crippen LogP contribution >= 0.6 is 23.4 Å². The molecule has 8 nitrogen and oxygen atoms in total. The molecule has 1 aromatic heterocycles. The Hall–Kier alpha value is -2.07. The van der Waals surface area contributed by atoms with Gasteiger partial charge in [0.2, 0.25) is 0 Å². The second-order valence-electron chi connectivity index (χ2n) is 5.72. The molecule has 0 aliphatic carbocycles. The molecule has 10 heteroatoms. The van der Waals surface area contributed by atoms with Crippen molar-refractivity contribution in [2.45, 2.75) is 17.8 Å². The SMILES string of the molecule is COC(CNC(=O)C(=O)Nc1c2c(nn1-c1ccc(Cl)cc1)CSC2)OC. The molecule has 2 aromatic rings. The summed E-state index contributed by atoms with van der Waals surface area (Å²) in [6, 6.07) is 7.09. The molecule has 0 spiro atoms. The number of ether oxygens (including phenoxy) is 2. The fourth-order valence-electron chi connectivity index (χ4n) is 2.59. The van der Waals surface area contributed by atoms with Gasteiger partial charge in [-0.2, -0.15) is 16.9 Å². The van der Waals surface area contributed by atoms with Gasteiger partial charge in [-0.15, -0.1) is 0 Å². The number of carbonyl (C=O) groups is 2. The normalized spacial score (nSPS) is 12.9. The highest BCUT2D eigenvalue weighted by molar-refractivity contribution is 7.98. The first-order chi connectivity index (χ1) is 13.0. The lowest BCUT2D eigenvalue weighted by Crippen LogP contribution is -2.40. The molecule has 0 fully saturated rings. The van der Waals surface area contributed by atoms with Gasteiger partial charge in [-0.05, 0) is 24.3 Å². The Morgan fingerprint density at radius 1 is 1.22 bits per heavy atom. The van der Waals surface area contributed by atoms with Gasteiger partial charge in [0.05, 0.1) is 17.9 Å². The van der Waals surface area contributed by atoms with Crippen LogP contribution in [0, 0.1) is 0 Å². The molecule has 2 N–H and O–H groups in total.